The van der Waals surface area contributed by atoms with Crippen LogP contribution in [-0.4, -0.2) is 16.0 Å². The number of hydrogen-bond acceptors (Lipinski definition) is 3. The van der Waals surface area contributed by atoms with Crippen LogP contribution in [0, 0.1) is 6.92 Å². The van der Waals surface area contributed by atoms with Crippen LogP contribution in [-0.2, 0) is 6.42 Å². The topological polar surface area (TPSA) is 37.8 Å². The van der Waals surface area contributed by atoms with E-state index in [2.05, 4.69) is 36.1 Å². The molecular weight excluding hydrogens is 270 g/mol. The Morgan fingerprint density at radius 3 is 2.40 bits per heavy atom. The molecule has 1 heterocycles. The number of unbranched alkanes of at least 4 members (excludes halogenated alkanes) is 1. The summed E-state index contributed by atoms with van der Waals surface area (Å²) >= 11 is 6.23. The molecule has 0 aliphatic rings. The summed E-state index contributed by atoms with van der Waals surface area (Å²) in [7, 11) is 0. The van der Waals surface area contributed by atoms with Gasteiger partial charge in [0, 0.05) is 18.0 Å². The first-order valence-corrected chi connectivity index (χ1v) is 8.29. The SMILES string of the molecule is CCCCC(CCC)Nc1nc(CCC)nc(Cl)c1C. The molecule has 0 aliphatic heterocycles. The van der Waals surface area contributed by atoms with Crippen molar-refractivity contribution < 1.29 is 0 Å². The highest BCUT2D eigenvalue weighted by molar-refractivity contribution is 6.30. The largest absolute Gasteiger partial charge is 0.367 e. The quantitative estimate of drug-likeness (QED) is 0.640. The third kappa shape index (κ3) is 5.28. The van der Waals surface area contributed by atoms with Crippen LogP contribution >= 0.6 is 11.6 Å². The van der Waals surface area contributed by atoms with Crippen LogP contribution in [0.25, 0.3) is 0 Å². The maximum absolute atomic E-state index is 6.23. The lowest BCUT2D eigenvalue weighted by molar-refractivity contribution is 0.562. The first kappa shape index (κ1) is 17.2. The van der Waals surface area contributed by atoms with E-state index >= 15 is 0 Å². The first-order valence-electron chi connectivity index (χ1n) is 7.91. The van der Waals surface area contributed by atoms with Gasteiger partial charge in [0.2, 0.25) is 0 Å². The highest BCUT2D eigenvalue weighted by atomic mass is 35.5. The van der Waals surface area contributed by atoms with Crippen LogP contribution in [0.2, 0.25) is 5.15 Å². The van der Waals surface area contributed by atoms with Gasteiger partial charge in [-0.1, -0.05) is 51.6 Å². The summed E-state index contributed by atoms with van der Waals surface area (Å²) in [5, 5.41) is 4.17. The summed E-state index contributed by atoms with van der Waals surface area (Å²) in [4.78, 5) is 9.00. The van der Waals surface area contributed by atoms with E-state index in [0.717, 1.165) is 30.0 Å². The molecular formula is C16H28ClN3. The zero-order valence-electron chi connectivity index (χ0n) is 13.3. The second-order valence-electron chi connectivity index (χ2n) is 5.43. The number of nitrogens with zero attached hydrogens (tertiary/aromatic N) is 2. The smallest absolute Gasteiger partial charge is 0.137 e. The van der Waals surface area contributed by atoms with Crippen molar-refractivity contribution in [1.29, 1.82) is 0 Å². The number of halogens is 1. The average Bonchev–Trinajstić information content (AvgIpc) is 2.42. The molecule has 0 spiro atoms. The Bertz CT molecular complexity index is 407. The molecule has 20 heavy (non-hydrogen) atoms. The van der Waals surface area contributed by atoms with Gasteiger partial charge in [0.1, 0.15) is 16.8 Å². The van der Waals surface area contributed by atoms with Gasteiger partial charge in [-0.05, 0) is 26.2 Å². The van der Waals surface area contributed by atoms with Crippen LogP contribution in [0.3, 0.4) is 0 Å². The molecule has 4 heteroatoms. The van der Waals surface area contributed by atoms with Gasteiger partial charge in [-0.25, -0.2) is 9.97 Å². The molecule has 0 saturated carbocycles. The van der Waals surface area contributed by atoms with E-state index in [4.69, 9.17) is 11.6 Å². The summed E-state index contributed by atoms with van der Waals surface area (Å²) in [6.07, 6.45) is 7.93. The molecule has 1 N–H and O–H groups in total. The lowest BCUT2D eigenvalue weighted by Crippen LogP contribution is -2.21. The minimum absolute atomic E-state index is 0.485. The zero-order chi connectivity index (χ0) is 15.0. The highest BCUT2D eigenvalue weighted by Crippen LogP contribution is 2.23. The molecule has 1 aromatic rings. The van der Waals surface area contributed by atoms with Gasteiger partial charge in [0.15, 0.2) is 0 Å². The lowest BCUT2D eigenvalue weighted by Gasteiger charge is -2.20. The maximum Gasteiger partial charge on any atom is 0.137 e. The second kappa shape index (κ2) is 9.17. The predicted molar refractivity (Wildman–Crippen MR) is 87.6 cm³/mol. The van der Waals surface area contributed by atoms with Gasteiger partial charge in [0.05, 0.1) is 0 Å². The Balaban J connectivity index is 2.86. The van der Waals surface area contributed by atoms with Gasteiger partial charge < -0.3 is 5.32 Å². The number of aryl methyl sites for hydroxylation is 1. The monoisotopic (exact) mass is 297 g/mol. The van der Waals surface area contributed by atoms with Gasteiger partial charge in [-0.15, -0.1) is 0 Å². The average molecular weight is 298 g/mol. The van der Waals surface area contributed by atoms with Gasteiger partial charge in [0.25, 0.3) is 0 Å². The van der Waals surface area contributed by atoms with Crippen molar-refractivity contribution in [1.82, 2.24) is 9.97 Å². The van der Waals surface area contributed by atoms with E-state index in [1.165, 1.54) is 32.1 Å². The third-order valence-corrected chi connectivity index (χ3v) is 3.86. The first-order chi connectivity index (χ1) is 9.62. The molecule has 0 radical (unpaired) electrons. The number of aromatic nitrogens is 2. The van der Waals surface area contributed by atoms with Crippen molar-refractivity contribution in [2.75, 3.05) is 5.32 Å². The van der Waals surface area contributed by atoms with Crippen molar-refractivity contribution in [3.8, 4) is 0 Å². The van der Waals surface area contributed by atoms with Crippen LogP contribution in [0.1, 0.15) is 70.7 Å². The summed E-state index contributed by atoms with van der Waals surface area (Å²) < 4.78 is 0. The summed E-state index contributed by atoms with van der Waals surface area (Å²) in [5.74, 6) is 1.76. The Morgan fingerprint density at radius 1 is 1.05 bits per heavy atom. The summed E-state index contributed by atoms with van der Waals surface area (Å²) in [6.45, 7) is 8.58. The van der Waals surface area contributed by atoms with E-state index in [0.29, 0.717) is 11.2 Å². The third-order valence-electron chi connectivity index (χ3n) is 3.49. The number of hydrogen-bond donors (Lipinski definition) is 1. The van der Waals surface area contributed by atoms with Gasteiger partial charge in [-0.2, -0.15) is 0 Å². The minimum atomic E-state index is 0.485. The molecule has 1 aromatic heterocycles. The Morgan fingerprint density at radius 2 is 1.80 bits per heavy atom. The fourth-order valence-electron chi connectivity index (χ4n) is 2.29. The van der Waals surface area contributed by atoms with E-state index in [1.54, 1.807) is 0 Å². The Hall–Kier alpha value is -0.830. The van der Waals surface area contributed by atoms with Crippen LogP contribution in [0.4, 0.5) is 5.82 Å². The zero-order valence-corrected chi connectivity index (χ0v) is 14.1. The van der Waals surface area contributed by atoms with Crippen molar-refractivity contribution in [2.24, 2.45) is 0 Å². The highest BCUT2D eigenvalue weighted by Gasteiger charge is 2.13. The molecule has 0 aromatic carbocycles. The molecule has 0 bridgehead atoms. The van der Waals surface area contributed by atoms with Crippen molar-refractivity contribution >= 4 is 17.4 Å². The summed E-state index contributed by atoms with van der Waals surface area (Å²) in [5.41, 5.74) is 0.962. The number of anilines is 1. The predicted octanol–water partition coefficient (Wildman–Crippen LogP) is 5.16. The van der Waals surface area contributed by atoms with Crippen LogP contribution in [0.15, 0.2) is 0 Å². The normalized spacial score (nSPS) is 12.4. The van der Waals surface area contributed by atoms with Crippen LogP contribution in [0.5, 0.6) is 0 Å². The Labute approximate surface area is 128 Å². The standard InChI is InChI=1S/C16H28ClN3/c1-5-8-11-13(9-6-2)18-16-12(4)15(17)19-14(20-16)10-7-3/h13H,5-11H2,1-4H3,(H,18,19,20). The summed E-state index contributed by atoms with van der Waals surface area (Å²) in [6, 6.07) is 0.485. The molecule has 1 unspecified atom stereocenters. The van der Waals surface area contributed by atoms with Crippen molar-refractivity contribution in [2.45, 2.75) is 78.7 Å². The van der Waals surface area contributed by atoms with Gasteiger partial charge in [-0.3, -0.25) is 0 Å². The Kier molecular flexibility index (Phi) is 7.90. The molecule has 1 rings (SSSR count). The fourth-order valence-corrected chi connectivity index (χ4v) is 2.48. The second-order valence-corrected chi connectivity index (χ2v) is 5.78. The van der Waals surface area contributed by atoms with Gasteiger partial charge >= 0.3 is 0 Å². The molecule has 0 fully saturated rings. The van der Waals surface area contributed by atoms with E-state index < -0.39 is 0 Å². The molecule has 1 atom stereocenters. The van der Waals surface area contributed by atoms with Crippen LogP contribution < -0.4 is 5.32 Å². The van der Waals surface area contributed by atoms with Crippen molar-refractivity contribution in [3.63, 3.8) is 0 Å². The van der Waals surface area contributed by atoms with E-state index in [-0.39, 0.29) is 0 Å². The van der Waals surface area contributed by atoms with E-state index in [1.807, 2.05) is 6.92 Å². The minimum Gasteiger partial charge on any atom is -0.367 e. The van der Waals surface area contributed by atoms with Crippen molar-refractivity contribution in [3.05, 3.63) is 16.5 Å². The molecule has 0 aliphatic carbocycles. The molecule has 0 saturated heterocycles. The number of nitrogens with one attached hydrogen (secondary N) is 1. The molecule has 114 valence electrons. The maximum atomic E-state index is 6.23. The van der Waals surface area contributed by atoms with E-state index in [9.17, 15) is 0 Å². The molecule has 3 nitrogen and oxygen atoms in total. The number of rotatable bonds is 9. The fraction of sp³-hybridized carbons (Fsp3) is 0.750. The lowest BCUT2D eigenvalue weighted by atomic mass is 10.0. The molecule has 0 amide bonds.